The molecule has 0 aromatic rings. The van der Waals surface area contributed by atoms with Crippen molar-refractivity contribution >= 4 is 47.8 Å². The molecule has 14 aliphatic carbocycles. The van der Waals surface area contributed by atoms with E-state index >= 15 is 0 Å². The van der Waals surface area contributed by atoms with Gasteiger partial charge in [-0.1, -0.05) is 66.2 Å². The van der Waals surface area contributed by atoms with Crippen molar-refractivity contribution in [2.24, 2.45) is 51.8 Å². The zero-order valence-electron chi connectivity index (χ0n) is 55.8. The van der Waals surface area contributed by atoms with Crippen molar-refractivity contribution in [2.75, 3.05) is 38.9 Å². The SMILES string of the molecule is C=C(C)C(=O)OC12CC3CC(CC(CO)(C3)C1)C2.C=C(C)C(=O)OC12CC3CC(CC(COC4(CC)CCCC4)(C3)C1)C2.C=C(C)C(=O)OC12CC3CC(CC(COS(C)(=O)=O)(C3)C1)C2.CCC1(O)CCCC1.CCN(C(C)C)C(C)C.CS(=O)(=O)Cl. The van der Waals surface area contributed by atoms with Crippen molar-refractivity contribution < 1.29 is 64.6 Å². The highest BCUT2D eigenvalue weighted by atomic mass is 35.7. The summed E-state index contributed by atoms with van der Waals surface area (Å²) < 4.78 is 71.0. The molecule has 0 aromatic heterocycles. The first-order chi connectivity index (χ1) is 40.3. The summed E-state index contributed by atoms with van der Waals surface area (Å²) in [5, 5.41) is 19.2. The first-order valence-corrected chi connectivity index (χ1v) is 38.0. The van der Waals surface area contributed by atoms with Gasteiger partial charge in [-0.25, -0.2) is 22.8 Å². The van der Waals surface area contributed by atoms with Crippen LogP contribution in [-0.4, -0.2) is 129 Å². The van der Waals surface area contributed by atoms with Crippen LogP contribution in [0.4, 0.5) is 0 Å². The molecule has 14 saturated carbocycles. The standard InChI is InChI=1S/C22H34O3.C16H24O5S.C15H22O3.C8H19N.C7H14O.CH3ClO2S/c1-4-21(7-5-6-8-21)24-15-20-10-17-9-18(11-20)13-22(12-17,14-20)25-19(23)16(2)3;1-11(2)14(17)21-16-7-12-4-13(8-16)6-15(5-12,9-16)10-20-22(3,18)19;1-10(2)13(17)18-15-6-11-3-12(7-15)5-14(4-11,8-15)9-16;1-6-9(7(2)3)8(4)5;1-2-7(8)5-3-4-6-7;1-5(2,3)4/h17-18H,2,4-15H2,1,3H3;12-13H,1,4-10H2,2-3H3;11-12,16H,1,3-9H2,2H3;7-8H,6H2,1-5H3;8H,2-6H2,1H3;1H3. The van der Waals surface area contributed by atoms with Gasteiger partial charge in [-0.3, -0.25) is 9.08 Å². The maximum absolute atomic E-state index is 12.2. The fourth-order valence-corrected chi connectivity index (χ4v) is 20.2. The Balaban J connectivity index is 0.000000179. The zero-order chi connectivity index (χ0) is 64.8. The Morgan fingerprint density at radius 3 is 1.10 bits per heavy atom. The minimum atomic E-state index is -3.45. The largest absolute Gasteiger partial charge is 0.456 e. The molecule has 0 heterocycles. The number of nitrogens with zero attached hydrogens (tertiary/aromatic N) is 1. The van der Waals surface area contributed by atoms with E-state index < -0.39 is 24.8 Å². The molecule has 0 amide bonds. The average molecular weight is 1280 g/mol. The molecule has 2 N–H and O–H groups in total. The van der Waals surface area contributed by atoms with Crippen LogP contribution in [0.2, 0.25) is 0 Å². The molecule has 14 fully saturated rings. The molecule has 0 saturated heterocycles. The molecule has 0 aliphatic heterocycles. The van der Waals surface area contributed by atoms with Crippen molar-refractivity contribution in [1.82, 2.24) is 4.90 Å². The molecule has 18 heteroatoms. The first kappa shape index (κ1) is 73.7. The van der Waals surface area contributed by atoms with E-state index in [1.54, 1.807) is 20.8 Å². The van der Waals surface area contributed by atoms with Crippen LogP contribution in [0.5, 0.6) is 0 Å². The predicted octanol–water partition coefficient (Wildman–Crippen LogP) is 14.1. The number of ether oxygens (including phenoxy) is 4. The number of aliphatic hydroxyl groups is 2. The van der Waals surface area contributed by atoms with Crippen LogP contribution in [0, 0.1) is 51.8 Å². The summed E-state index contributed by atoms with van der Waals surface area (Å²) >= 11 is 0. The maximum Gasteiger partial charge on any atom is 0.333 e. The summed E-state index contributed by atoms with van der Waals surface area (Å²) in [7, 11) is -2.14. The van der Waals surface area contributed by atoms with Gasteiger partial charge in [-0.05, 0) is 261 Å². The van der Waals surface area contributed by atoms with Gasteiger partial charge in [0.2, 0.25) is 9.05 Å². The molecule has 500 valence electrons. The highest BCUT2D eigenvalue weighted by Crippen LogP contribution is 2.66. The van der Waals surface area contributed by atoms with E-state index in [1.807, 2.05) is 0 Å². The van der Waals surface area contributed by atoms with E-state index in [4.69, 9.17) is 23.1 Å². The molecule has 15 nitrogen and oxygen atoms in total. The highest BCUT2D eigenvalue weighted by molar-refractivity contribution is 8.13. The van der Waals surface area contributed by atoms with Crippen LogP contribution in [-0.2, 0) is 56.7 Å². The minimum Gasteiger partial charge on any atom is -0.456 e. The number of hydrogen-bond donors (Lipinski definition) is 2. The molecule has 12 bridgehead atoms. The second-order valence-electron chi connectivity index (χ2n) is 31.1. The van der Waals surface area contributed by atoms with Gasteiger partial charge in [0.1, 0.15) is 16.8 Å². The number of carbonyl (C=O) groups excluding carboxylic acids is 3. The number of aliphatic hydroxyl groups excluding tert-OH is 1. The van der Waals surface area contributed by atoms with Crippen molar-refractivity contribution in [2.45, 2.75) is 289 Å². The highest BCUT2D eigenvalue weighted by Gasteiger charge is 2.62. The second-order valence-corrected chi connectivity index (χ2v) is 35.8. The first-order valence-electron chi connectivity index (χ1n) is 33.4. The van der Waals surface area contributed by atoms with Gasteiger partial charge in [0.05, 0.1) is 36.9 Å². The quantitative estimate of drug-likeness (QED) is 0.0430. The third-order valence-electron chi connectivity index (χ3n) is 22.0. The fourth-order valence-electron chi connectivity index (χ4n) is 19.7. The van der Waals surface area contributed by atoms with Gasteiger partial charge in [0.25, 0.3) is 10.1 Å². The van der Waals surface area contributed by atoms with E-state index in [1.165, 1.54) is 64.2 Å². The number of hydrogen-bond acceptors (Lipinski definition) is 15. The summed E-state index contributed by atoms with van der Waals surface area (Å²) in [6.07, 6.45) is 32.6. The monoisotopic (exact) mass is 1280 g/mol. The number of halogens is 1. The summed E-state index contributed by atoms with van der Waals surface area (Å²) in [6, 6.07) is 1.38. The summed E-state index contributed by atoms with van der Waals surface area (Å²) in [5.41, 5.74) is 0.400. The lowest BCUT2D eigenvalue weighted by atomic mass is 9.48. The van der Waals surface area contributed by atoms with Crippen molar-refractivity contribution in [3.8, 4) is 0 Å². The zero-order valence-corrected chi connectivity index (χ0v) is 58.2. The van der Waals surface area contributed by atoms with Gasteiger partial charge < -0.3 is 29.2 Å². The molecular formula is C69H116ClNO14S2. The Hall–Kier alpha value is -2.38. The van der Waals surface area contributed by atoms with Crippen molar-refractivity contribution in [3.63, 3.8) is 0 Å². The van der Waals surface area contributed by atoms with Gasteiger partial charge in [-0.15, -0.1) is 0 Å². The van der Waals surface area contributed by atoms with E-state index in [0.717, 1.165) is 135 Å². The van der Waals surface area contributed by atoms with E-state index in [0.29, 0.717) is 70.7 Å². The molecule has 0 aromatic carbocycles. The van der Waals surface area contributed by atoms with Crippen LogP contribution in [0.15, 0.2) is 36.5 Å². The van der Waals surface area contributed by atoms with Crippen molar-refractivity contribution in [3.05, 3.63) is 36.5 Å². The molecule has 14 rings (SSSR count). The van der Waals surface area contributed by atoms with Crippen LogP contribution in [0.1, 0.15) is 249 Å². The average Bonchev–Trinajstić information content (AvgIpc) is 1.06. The molecule has 6 unspecified atom stereocenters. The topological polar surface area (TPSA) is 209 Å². The minimum absolute atomic E-state index is 0.0272. The number of rotatable bonds is 18. The van der Waals surface area contributed by atoms with Gasteiger partial charge >= 0.3 is 17.9 Å². The van der Waals surface area contributed by atoms with Gasteiger partial charge in [0.15, 0.2) is 0 Å². The molecule has 14 aliphatic rings. The molecule has 87 heavy (non-hydrogen) atoms. The van der Waals surface area contributed by atoms with Gasteiger partial charge in [-0.2, -0.15) is 8.42 Å². The van der Waals surface area contributed by atoms with Crippen LogP contribution < -0.4 is 0 Å². The van der Waals surface area contributed by atoms with Crippen LogP contribution >= 0.6 is 10.7 Å². The number of carbonyl (C=O) groups is 3. The Bertz CT molecular complexity index is 2580. The summed E-state index contributed by atoms with van der Waals surface area (Å²) in [5.74, 6) is 2.91. The Morgan fingerprint density at radius 2 is 0.851 bits per heavy atom. The lowest BCUT2D eigenvalue weighted by Crippen LogP contribution is -2.59. The normalized spacial score (nSPS) is 35.5. The predicted molar refractivity (Wildman–Crippen MR) is 345 cm³/mol. The lowest BCUT2D eigenvalue weighted by molar-refractivity contribution is -0.215. The lowest BCUT2D eigenvalue weighted by Gasteiger charge is -2.61. The van der Waals surface area contributed by atoms with E-state index in [9.17, 15) is 41.4 Å². The van der Waals surface area contributed by atoms with Crippen LogP contribution in [0.3, 0.4) is 0 Å². The third-order valence-corrected chi connectivity index (χ3v) is 22.5. The molecule has 0 spiro atoms. The van der Waals surface area contributed by atoms with Crippen molar-refractivity contribution in [1.29, 1.82) is 0 Å². The second kappa shape index (κ2) is 29.3. The van der Waals surface area contributed by atoms with E-state index in [-0.39, 0.29) is 69.8 Å². The maximum atomic E-state index is 12.2. The van der Waals surface area contributed by atoms with E-state index in [2.05, 4.69) is 83.8 Å². The smallest absolute Gasteiger partial charge is 0.333 e. The number of esters is 3. The van der Waals surface area contributed by atoms with Gasteiger partial charge in [0, 0.05) is 46.1 Å². The third kappa shape index (κ3) is 20.3. The summed E-state index contributed by atoms with van der Waals surface area (Å²) in [4.78, 5) is 38.5. The summed E-state index contributed by atoms with van der Waals surface area (Å²) in [6.45, 7) is 34.2. The van der Waals surface area contributed by atoms with Crippen LogP contribution in [0.25, 0.3) is 0 Å². The Kier molecular flexibility index (Phi) is 24.8. The fraction of sp³-hybridized carbons (Fsp3) is 0.870. The Morgan fingerprint density at radius 1 is 0.540 bits per heavy atom. The molecule has 0 radical (unpaired) electrons. The molecule has 6 atom stereocenters. The molecular weight excluding hydrogens is 1170 g/mol. The Labute approximate surface area is 530 Å².